The van der Waals surface area contributed by atoms with Crippen molar-refractivity contribution in [1.82, 2.24) is 0 Å². The van der Waals surface area contributed by atoms with Crippen molar-refractivity contribution >= 4 is 27.8 Å². The van der Waals surface area contributed by atoms with Crippen molar-refractivity contribution in [1.29, 1.82) is 5.26 Å². The Labute approximate surface area is 170 Å². The molecule has 6 heteroatoms. The molecule has 0 amide bonds. The number of ketones is 1. The largest absolute Gasteiger partial charge is 0.394 e. The van der Waals surface area contributed by atoms with Gasteiger partial charge in [-0.25, -0.2) is 0 Å². The molecule has 0 aliphatic carbocycles. The second-order valence-corrected chi connectivity index (χ2v) is 7.48. The molecule has 1 aliphatic rings. The highest BCUT2D eigenvalue weighted by molar-refractivity contribution is 6.06. The minimum Gasteiger partial charge on any atom is -0.394 e. The predicted molar refractivity (Wildman–Crippen MR) is 112 cm³/mol. The standard InChI is InChI=1S/C23H26N2O4/c1-15(20(13-24)21(27)7-8-22(28)23(29)14-26)16-3-4-18-12-19(25-9-2-10-25)6-5-17(18)11-16/h3-6,11-12,22-23,26,28-29H,2,7-10,14H2,1H3/b20-15+. The van der Waals surface area contributed by atoms with Crippen LogP contribution in [0.2, 0.25) is 0 Å². The van der Waals surface area contributed by atoms with Crippen LogP contribution in [0.4, 0.5) is 5.69 Å². The number of hydrogen-bond donors (Lipinski definition) is 3. The lowest BCUT2D eigenvalue weighted by atomic mass is 9.94. The Morgan fingerprint density at radius 3 is 2.45 bits per heavy atom. The first-order valence-corrected chi connectivity index (χ1v) is 9.85. The molecule has 6 nitrogen and oxygen atoms in total. The second kappa shape index (κ2) is 9.19. The lowest BCUT2D eigenvalue weighted by molar-refractivity contribution is -0.116. The number of nitrogens with zero attached hydrogens (tertiary/aromatic N) is 2. The summed E-state index contributed by atoms with van der Waals surface area (Å²) < 4.78 is 0. The van der Waals surface area contributed by atoms with Gasteiger partial charge in [0.15, 0.2) is 5.78 Å². The molecule has 0 aromatic heterocycles. The van der Waals surface area contributed by atoms with Crippen molar-refractivity contribution in [2.75, 3.05) is 24.6 Å². The molecule has 3 rings (SSSR count). The summed E-state index contributed by atoms with van der Waals surface area (Å²) in [6, 6.07) is 14.2. The molecule has 29 heavy (non-hydrogen) atoms. The summed E-state index contributed by atoms with van der Waals surface area (Å²) in [6.07, 6.45) is -1.37. The van der Waals surface area contributed by atoms with E-state index in [1.165, 1.54) is 12.1 Å². The quantitative estimate of drug-likeness (QED) is 0.469. The number of aliphatic hydroxyl groups excluding tert-OH is 3. The van der Waals surface area contributed by atoms with Crippen LogP contribution in [0, 0.1) is 11.3 Å². The highest BCUT2D eigenvalue weighted by atomic mass is 16.4. The molecule has 2 aromatic carbocycles. The number of fused-ring (bicyclic) bond motifs is 1. The third kappa shape index (κ3) is 4.65. The topological polar surface area (TPSA) is 105 Å². The third-order valence-corrected chi connectivity index (χ3v) is 5.54. The predicted octanol–water partition coefficient (Wildman–Crippen LogP) is 2.41. The highest BCUT2D eigenvalue weighted by Gasteiger charge is 2.20. The molecular formula is C23H26N2O4. The zero-order valence-electron chi connectivity index (χ0n) is 16.5. The van der Waals surface area contributed by atoms with E-state index in [9.17, 15) is 20.3 Å². The van der Waals surface area contributed by atoms with Crippen molar-refractivity contribution in [3.8, 4) is 6.07 Å². The van der Waals surface area contributed by atoms with Gasteiger partial charge in [0.25, 0.3) is 0 Å². The summed E-state index contributed by atoms with van der Waals surface area (Å²) >= 11 is 0. The third-order valence-electron chi connectivity index (χ3n) is 5.54. The monoisotopic (exact) mass is 394 g/mol. The molecule has 2 unspecified atom stereocenters. The van der Waals surface area contributed by atoms with E-state index in [1.54, 1.807) is 6.92 Å². The Balaban J connectivity index is 1.80. The molecule has 1 aliphatic heterocycles. The van der Waals surface area contributed by atoms with Gasteiger partial charge in [0, 0.05) is 25.2 Å². The van der Waals surface area contributed by atoms with Gasteiger partial charge in [0.1, 0.15) is 12.2 Å². The fourth-order valence-corrected chi connectivity index (χ4v) is 3.46. The van der Waals surface area contributed by atoms with Gasteiger partial charge in [0.05, 0.1) is 18.3 Å². The number of carbonyl (C=O) groups excluding carboxylic acids is 1. The maximum Gasteiger partial charge on any atom is 0.173 e. The van der Waals surface area contributed by atoms with Crippen LogP contribution >= 0.6 is 0 Å². The van der Waals surface area contributed by atoms with Crippen molar-refractivity contribution in [3.05, 3.63) is 47.5 Å². The lowest BCUT2D eigenvalue weighted by Crippen LogP contribution is -2.36. The Kier molecular flexibility index (Phi) is 6.65. The van der Waals surface area contributed by atoms with E-state index < -0.39 is 18.8 Å². The zero-order valence-corrected chi connectivity index (χ0v) is 16.5. The van der Waals surface area contributed by atoms with Crippen molar-refractivity contribution in [2.24, 2.45) is 0 Å². The fraction of sp³-hybridized carbons (Fsp3) is 0.391. The molecule has 3 N–H and O–H groups in total. The molecule has 1 heterocycles. The first kappa shape index (κ1) is 21.0. The first-order chi connectivity index (χ1) is 13.9. The van der Waals surface area contributed by atoms with Crippen LogP contribution in [-0.2, 0) is 4.79 Å². The number of Topliss-reactive ketones (excluding diaryl/α,β-unsaturated/α-hetero) is 1. The number of hydrogen-bond acceptors (Lipinski definition) is 6. The van der Waals surface area contributed by atoms with Crippen LogP contribution in [0.15, 0.2) is 42.0 Å². The molecule has 1 fully saturated rings. The van der Waals surface area contributed by atoms with Crippen LogP contribution in [0.1, 0.15) is 31.7 Å². The van der Waals surface area contributed by atoms with Gasteiger partial charge in [-0.15, -0.1) is 0 Å². The van der Waals surface area contributed by atoms with Gasteiger partial charge in [-0.1, -0.05) is 18.2 Å². The molecular weight excluding hydrogens is 368 g/mol. The summed E-state index contributed by atoms with van der Waals surface area (Å²) in [5.41, 5.74) is 2.64. The van der Waals surface area contributed by atoms with Gasteiger partial charge in [-0.3, -0.25) is 4.79 Å². The number of allylic oxidation sites excluding steroid dienone is 2. The van der Waals surface area contributed by atoms with Crippen LogP contribution in [0.5, 0.6) is 0 Å². The summed E-state index contributed by atoms with van der Waals surface area (Å²) in [7, 11) is 0. The molecule has 1 saturated heterocycles. The van der Waals surface area contributed by atoms with Gasteiger partial charge in [0.2, 0.25) is 0 Å². The smallest absolute Gasteiger partial charge is 0.173 e. The van der Waals surface area contributed by atoms with Crippen LogP contribution in [-0.4, -0.2) is 53.0 Å². The Bertz CT molecular complexity index is 972. The maximum atomic E-state index is 12.5. The lowest BCUT2D eigenvalue weighted by Gasteiger charge is -2.33. The molecule has 0 saturated carbocycles. The van der Waals surface area contributed by atoms with Gasteiger partial charge in [-0.05, 0) is 59.9 Å². The minimum atomic E-state index is -1.29. The van der Waals surface area contributed by atoms with Crippen LogP contribution in [0.25, 0.3) is 16.3 Å². The van der Waals surface area contributed by atoms with Gasteiger partial charge < -0.3 is 20.2 Å². The molecule has 0 radical (unpaired) electrons. The van der Waals surface area contributed by atoms with Gasteiger partial charge in [-0.2, -0.15) is 5.26 Å². The molecule has 152 valence electrons. The minimum absolute atomic E-state index is 0.0178. The molecule has 0 bridgehead atoms. The Morgan fingerprint density at radius 2 is 1.83 bits per heavy atom. The van der Waals surface area contributed by atoms with Crippen LogP contribution < -0.4 is 4.90 Å². The molecule has 0 spiro atoms. The second-order valence-electron chi connectivity index (χ2n) is 7.48. The van der Waals surface area contributed by atoms with E-state index in [-0.39, 0.29) is 24.2 Å². The SMILES string of the molecule is C/C(=C(/C#N)C(=O)CCC(O)C(O)CO)c1ccc2cc(N3CCC3)ccc2c1. The number of nitriles is 1. The summed E-state index contributed by atoms with van der Waals surface area (Å²) in [5, 5.41) is 39.6. The Hall–Kier alpha value is -2.72. The average molecular weight is 394 g/mol. The van der Waals surface area contributed by atoms with Crippen LogP contribution in [0.3, 0.4) is 0 Å². The van der Waals surface area contributed by atoms with E-state index in [4.69, 9.17) is 5.11 Å². The number of benzene rings is 2. The number of anilines is 1. The normalized spacial score (nSPS) is 16.6. The maximum absolute atomic E-state index is 12.5. The average Bonchev–Trinajstić information content (AvgIpc) is 2.70. The fourth-order valence-electron chi connectivity index (χ4n) is 3.46. The van der Waals surface area contributed by atoms with Crippen molar-refractivity contribution < 1.29 is 20.1 Å². The summed E-state index contributed by atoms with van der Waals surface area (Å²) in [4.78, 5) is 14.8. The number of aliphatic hydroxyl groups is 3. The summed E-state index contributed by atoms with van der Waals surface area (Å²) in [5.74, 6) is -0.387. The highest BCUT2D eigenvalue weighted by Crippen LogP contribution is 2.29. The van der Waals surface area contributed by atoms with E-state index in [0.29, 0.717) is 5.57 Å². The van der Waals surface area contributed by atoms with E-state index in [1.807, 2.05) is 24.3 Å². The zero-order chi connectivity index (χ0) is 21.0. The van der Waals surface area contributed by atoms with E-state index in [2.05, 4.69) is 23.1 Å². The number of rotatable bonds is 8. The molecule has 2 aromatic rings. The summed E-state index contributed by atoms with van der Waals surface area (Å²) in [6.45, 7) is 3.34. The van der Waals surface area contributed by atoms with Crippen molar-refractivity contribution in [3.63, 3.8) is 0 Å². The first-order valence-electron chi connectivity index (χ1n) is 9.85. The van der Waals surface area contributed by atoms with Gasteiger partial charge >= 0.3 is 0 Å². The van der Waals surface area contributed by atoms with E-state index >= 15 is 0 Å². The van der Waals surface area contributed by atoms with E-state index in [0.717, 1.165) is 29.4 Å². The number of carbonyl (C=O) groups is 1. The molecule has 2 atom stereocenters. The Morgan fingerprint density at radius 1 is 1.14 bits per heavy atom. The van der Waals surface area contributed by atoms with Crippen molar-refractivity contribution in [2.45, 2.75) is 38.4 Å².